The molecule has 0 saturated carbocycles. The minimum atomic E-state index is -0.126. The molecule has 0 aliphatic carbocycles. The fraction of sp³-hybridized carbons (Fsp3) is 0.290. The van der Waals surface area contributed by atoms with E-state index in [0.717, 1.165) is 29.8 Å². The van der Waals surface area contributed by atoms with E-state index < -0.39 is 0 Å². The summed E-state index contributed by atoms with van der Waals surface area (Å²) >= 11 is 6.77. The molecular formula is C31H33NO4S2. The highest BCUT2D eigenvalue weighted by atomic mass is 32.2. The van der Waals surface area contributed by atoms with Crippen LogP contribution in [0, 0.1) is 0 Å². The highest BCUT2D eigenvalue weighted by Crippen LogP contribution is 2.37. The Kier molecular flexibility index (Phi) is 9.85. The summed E-state index contributed by atoms with van der Waals surface area (Å²) in [7, 11) is 0. The van der Waals surface area contributed by atoms with E-state index in [1.165, 1.54) is 17.3 Å². The molecule has 0 bridgehead atoms. The van der Waals surface area contributed by atoms with Crippen molar-refractivity contribution in [2.75, 3.05) is 24.7 Å². The highest BCUT2D eigenvalue weighted by molar-refractivity contribution is 8.27. The number of thioether (sulfide) groups is 1. The summed E-state index contributed by atoms with van der Waals surface area (Å²) in [6, 6.07) is 23.5. The monoisotopic (exact) mass is 547 g/mol. The average Bonchev–Trinajstić information content (AvgIpc) is 3.22. The Morgan fingerprint density at radius 1 is 0.921 bits per heavy atom. The third kappa shape index (κ3) is 6.97. The summed E-state index contributed by atoms with van der Waals surface area (Å²) in [6.07, 6.45) is 3.70. The number of hydrogen-bond acceptors (Lipinski definition) is 6. The Bertz CT molecular complexity index is 1270. The van der Waals surface area contributed by atoms with Gasteiger partial charge in [0.25, 0.3) is 5.91 Å². The van der Waals surface area contributed by atoms with Gasteiger partial charge in [-0.2, -0.15) is 0 Å². The van der Waals surface area contributed by atoms with Crippen LogP contribution in [0.5, 0.6) is 17.2 Å². The zero-order valence-corrected chi connectivity index (χ0v) is 23.6. The van der Waals surface area contributed by atoms with Crippen molar-refractivity contribution in [1.82, 2.24) is 0 Å². The molecule has 1 saturated heterocycles. The highest BCUT2D eigenvalue weighted by Gasteiger charge is 2.33. The Morgan fingerprint density at radius 2 is 1.66 bits per heavy atom. The van der Waals surface area contributed by atoms with Gasteiger partial charge in [0.1, 0.15) is 5.75 Å². The van der Waals surface area contributed by atoms with E-state index in [1.807, 2.05) is 73.7 Å². The summed E-state index contributed by atoms with van der Waals surface area (Å²) in [5.41, 5.74) is 2.95. The van der Waals surface area contributed by atoms with E-state index in [-0.39, 0.29) is 5.91 Å². The molecule has 0 spiro atoms. The number of hydrogen-bond donors (Lipinski definition) is 0. The third-order valence-corrected chi connectivity index (χ3v) is 7.55. The van der Waals surface area contributed by atoms with Crippen molar-refractivity contribution in [2.24, 2.45) is 0 Å². The van der Waals surface area contributed by atoms with Gasteiger partial charge in [-0.25, -0.2) is 0 Å². The molecular weight excluding hydrogens is 514 g/mol. The van der Waals surface area contributed by atoms with Crippen molar-refractivity contribution < 1.29 is 19.0 Å². The first kappa shape index (κ1) is 27.7. The quantitative estimate of drug-likeness (QED) is 0.131. The van der Waals surface area contributed by atoms with Gasteiger partial charge in [0.15, 0.2) is 15.8 Å². The molecule has 7 heteroatoms. The Labute approximate surface area is 234 Å². The van der Waals surface area contributed by atoms with Gasteiger partial charge in [-0.15, -0.1) is 0 Å². The molecule has 0 radical (unpaired) electrons. The molecule has 1 unspecified atom stereocenters. The Balaban J connectivity index is 1.34. The summed E-state index contributed by atoms with van der Waals surface area (Å²) in [6.45, 7) is 7.93. The number of benzene rings is 3. The van der Waals surface area contributed by atoms with Crippen LogP contribution in [-0.4, -0.2) is 30.0 Å². The van der Waals surface area contributed by atoms with Crippen molar-refractivity contribution in [1.29, 1.82) is 0 Å². The van der Waals surface area contributed by atoms with Gasteiger partial charge in [0, 0.05) is 6.42 Å². The van der Waals surface area contributed by atoms with Crippen molar-refractivity contribution in [2.45, 2.75) is 39.5 Å². The molecule has 198 valence electrons. The topological polar surface area (TPSA) is 48.0 Å². The van der Waals surface area contributed by atoms with Crippen LogP contribution in [0.2, 0.25) is 0 Å². The fourth-order valence-corrected chi connectivity index (χ4v) is 5.28. The normalized spacial score (nSPS) is 15.1. The lowest BCUT2D eigenvalue weighted by molar-refractivity contribution is -0.113. The smallest absolute Gasteiger partial charge is 0.270 e. The maximum atomic E-state index is 13.0. The molecule has 1 aliphatic heterocycles. The maximum Gasteiger partial charge on any atom is 0.270 e. The van der Waals surface area contributed by atoms with Crippen LogP contribution in [0.15, 0.2) is 77.7 Å². The van der Waals surface area contributed by atoms with Crippen molar-refractivity contribution in [3.05, 3.63) is 88.8 Å². The van der Waals surface area contributed by atoms with Gasteiger partial charge < -0.3 is 14.2 Å². The molecule has 4 rings (SSSR count). The van der Waals surface area contributed by atoms with Gasteiger partial charge in [0.05, 0.1) is 30.4 Å². The minimum Gasteiger partial charge on any atom is -0.493 e. The van der Waals surface area contributed by atoms with Crippen LogP contribution < -0.4 is 19.1 Å². The first-order valence-corrected chi connectivity index (χ1v) is 14.2. The van der Waals surface area contributed by atoms with Gasteiger partial charge >= 0.3 is 0 Å². The number of carbonyl (C=O) groups is 1. The first-order valence-electron chi connectivity index (χ1n) is 13.0. The fourth-order valence-electron chi connectivity index (χ4n) is 3.98. The number of carbonyl (C=O) groups excluding carboxylic acids is 1. The number of thiocarbonyl (C=S) groups is 1. The van der Waals surface area contributed by atoms with Crippen molar-refractivity contribution in [3.8, 4) is 17.2 Å². The van der Waals surface area contributed by atoms with Crippen molar-refractivity contribution in [3.63, 3.8) is 0 Å². The van der Waals surface area contributed by atoms with E-state index in [1.54, 1.807) is 4.90 Å². The minimum absolute atomic E-state index is 0.126. The largest absolute Gasteiger partial charge is 0.493 e. The molecule has 0 aromatic heterocycles. The SMILES string of the molecule is CCOc1cc(/C=C2/SC(=S)N(c3ccccc3)C2=O)ccc1OCCCOc1ccc(C(C)CC)cc1. The van der Waals surface area contributed by atoms with Gasteiger partial charge in [-0.1, -0.05) is 74.2 Å². The van der Waals surface area contributed by atoms with Crippen LogP contribution in [0.25, 0.3) is 6.08 Å². The number of ether oxygens (including phenoxy) is 3. The first-order chi connectivity index (χ1) is 18.5. The summed E-state index contributed by atoms with van der Waals surface area (Å²) in [5, 5.41) is 0. The predicted molar refractivity (Wildman–Crippen MR) is 160 cm³/mol. The summed E-state index contributed by atoms with van der Waals surface area (Å²) in [4.78, 5) is 15.2. The van der Waals surface area contributed by atoms with Crippen LogP contribution in [0.4, 0.5) is 5.69 Å². The summed E-state index contributed by atoms with van der Waals surface area (Å²) in [5.74, 6) is 2.60. The van der Waals surface area contributed by atoms with E-state index in [2.05, 4.69) is 26.0 Å². The van der Waals surface area contributed by atoms with Crippen LogP contribution in [-0.2, 0) is 4.79 Å². The average molecular weight is 548 g/mol. The molecule has 1 amide bonds. The van der Waals surface area contributed by atoms with E-state index in [4.69, 9.17) is 26.4 Å². The molecule has 3 aromatic carbocycles. The second-order valence-corrected chi connectivity index (χ2v) is 10.6. The zero-order valence-electron chi connectivity index (χ0n) is 22.0. The Hall–Kier alpha value is -3.29. The molecule has 5 nitrogen and oxygen atoms in total. The number of anilines is 1. The third-order valence-electron chi connectivity index (χ3n) is 6.25. The number of nitrogens with zero attached hydrogens (tertiary/aromatic N) is 1. The van der Waals surface area contributed by atoms with Crippen LogP contribution in [0.1, 0.15) is 50.7 Å². The molecule has 1 atom stereocenters. The van der Waals surface area contributed by atoms with E-state index in [0.29, 0.717) is 46.5 Å². The molecule has 0 N–H and O–H groups in total. The lowest BCUT2D eigenvalue weighted by Crippen LogP contribution is -2.27. The second kappa shape index (κ2) is 13.5. The lowest BCUT2D eigenvalue weighted by atomic mass is 9.99. The molecule has 1 fully saturated rings. The van der Waals surface area contributed by atoms with E-state index in [9.17, 15) is 4.79 Å². The van der Waals surface area contributed by atoms with Gasteiger partial charge in [0.2, 0.25) is 0 Å². The number of para-hydroxylation sites is 1. The molecule has 1 aliphatic rings. The zero-order chi connectivity index (χ0) is 26.9. The number of amides is 1. The standard InChI is InChI=1S/C31H33NO4S2/c1-4-22(3)24-13-15-26(16-14-24)35-18-9-19-36-27-17-12-23(20-28(27)34-5-2)21-29-30(33)32(31(37)38-29)25-10-7-6-8-11-25/h6-8,10-17,20-22H,4-5,9,18-19H2,1-3H3/b29-21+. The Morgan fingerprint density at radius 3 is 2.37 bits per heavy atom. The molecule has 3 aromatic rings. The van der Waals surface area contributed by atoms with Crippen molar-refractivity contribution >= 4 is 46.0 Å². The van der Waals surface area contributed by atoms with Crippen LogP contribution in [0.3, 0.4) is 0 Å². The number of rotatable bonds is 12. The predicted octanol–water partition coefficient (Wildman–Crippen LogP) is 7.85. The van der Waals surface area contributed by atoms with Gasteiger partial charge in [-0.05, 0) is 72.9 Å². The lowest BCUT2D eigenvalue weighted by Gasteiger charge is -2.14. The van der Waals surface area contributed by atoms with Crippen LogP contribution >= 0.6 is 24.0 Å². The summed E-state index contributed by atoms with van der Waals surface area (Å²) < 4.78 is 18.2. The molecule has 1 heterocycles. The van der Waals surface area contributed by atoms with E-state index >= 15 is 0 Å². The molecule has 38 heavy (non-hydrogen) atoms. The second-order valence-electron chi connectivity index (χ2n) is 8.92. The van der Waals surface area contributed by atoms with Gasteiger partial charge in [-0.3, -0.25) is 9.69 Å². The maximum absolute atomic E-state index is 13.0.